The van der Waals surface area contributed by atoms with Gasteiger partial charge in [0.05, 0.1) is 17.5 Å². The van der Waals surface area contributed by atoms with E-state index in [-0.39, 0.29) is 16.5 Å². The fourth-order valence-electron chi connectivity index (χ4n) is 1.80. The Morgan fingerprint density at radius 1 is 1.47 bits per heavy atom. The molecule has 102 valence electrons. The predicted molar refractivity (Wildman–Crippen MR) is 76.6 cm³/mol. The van der Waals surface area contributed by atoms with Crippen LogP contribution in [0.5, 0.6) is 5.75 Å². The number of methoxy groups -OCH3 is 1. The molecule has 0 saturated heterocycles. The molecule has 0 spiro atoms. The van der Waals surface area contributed by atoms with Crippen LogP contribution in [-0.4, -0.2) is 34.1 Å². The normalized spacial score (nSPS) is 20.8. The van der Waals surface area contributed by atoms with Crippen molar-refractivity contribution in [3.05, 3.63) is 24.3 Å². The van der Waals surface area contributed by atoms with E-state index in [2.05, 4.69) is 10.3 Å². The second-order valence-corrected chi connectivity index (χ2v) is 6.35. The zero-order valence-corrected chi connectivity index (χ0v) is 11.8. The first-order valence-electron chi connectivity index (χ1n) is 5.83. The van der Waals surface area contributed by atoms with E-state index in [1.807, 2.05) is 19.9 Å². The van der Waals surface area contributed by atoms with E-state index < -0.39 is 6.04 Å². The Balaban J connectivity index is 2.19. The highest BCUT2D eigenvalue weighted by atomic mass is 32.2. The number of phenols is 1. The molecule has 0 amide bonds. The number of ether oxygens (including phenoxy) is 1. The number of hydrogen-bond donors (Lipinski definition) is 2. The zero-order chi connectivity index (χ0) is 14.0. The molecule has 1 aliphatic heterocycles. The fraction of sp³-hybridized carbons (Fsp3) is 0.385. The van der Waals surface area contributed by atoms with Crippen molar-refractivity contribution in [2.24, 2.45) is 4.99 Å². The standard InChI is InChI=1S/C13H16N2O3S/c1-13(2)10(11(17)18-3)15-12(19-13)14-8-6-4-5-7-9(8)16/h4-7,10,16H,1-3H3,(H,14,15)/t10-/m1/s1. The first kappa shape index (κ1) is 13.7. The lowest BCUT2D eigenvalue weighted by atomic mass is 10.0. The maximum atomic E-state index is 11.7. The van der Waals surface area contributed by atoms with Crippen molar-refractivity contribution in [2.75, 3.05) is 12.4 Å². The number of anilines is 1. The van der Waals surface area contributed by atoms with Gasteiger partial charge >= 0.3 is 5.97 Å². The summed E-state index contributed by atoms with van der Waals surface area (Å²) >= 11 is 1.45. The molecule has 6 heteroatoms. The minimum atomic E-state index is -0.546. The third-order valence-corrected chi connectivity index (χ3v) is 3.98. The third-order valence-electron chi connectivity index (χ3n) is 2.83. The lowest BCUT2D eigenvalue weighted by Crippen LogP contribution is -2.35. The van der Waals surface area contributed by atoms with Gasteiger partial charge in [0.25, 0.3) is 0 Å². The van der Waals surface area contributed by atoms with Gasteiger partial charge in [-0.25, -0.2) is 9.79 Å². The average molecular weight is 280 g/mol. The van der Waals surface area contributed by atoms with Gasteiger partial charge in [-0.05, 0) is 26.0 Å². The molecule has 5 nitrogen and oxygen atoms in total. The number of para-hydroxylation sites is 2. The molecule has 1 atom stereocenters. The van der Waals surface area contributed by atoms with Crippen molar-refractivity contribution < 1.29 is 14.6 Å². The monoisotopic (exact) mass is 280 g/mol. The van der Waals surface area contributed by atoms with Crippen LogP contribution in [0, 0.1) is 0 Å². The van der Waals surface area contributed by atoms with E-state index in [1.54, 1.807) is 18.2 Å². The van der Waals surface area contributed by atoms with Crippen LogP contribution in [0.3, 0.4) is 0 Å². The van der Waals surface area contributed by atoms with E-state index in [9.17, 15) is 9.90 Å². The van der Waals surface area contributed by atoms with Crippen molar-refractivity contribution >= 4 is 28.6 Å². The third kappa shape index (κ3) is 2.84. The number of thioether (sulfide) groups is 1. The minimum Gasteiger partial charge on any atom is -0.506 e. The number of phenolic OH excluding ortho intramolecular Hbond substituents is 1. The van der Waals surface area contributed by atoms with Gasteiger partial charge in [0, 0.05) is 0 Å². The Labute approximate surface area is 116 Å². The Morgan fingerprint density at radius 3 is 2.79 bits per heavy atom. The van der Waals surface area contributed by atoms with Crippen LogP contribution in [0.2, 0.25) is 0 Å². The van der Waals surface area contributed by atoms with Gasteiger partial charge in [-0.1, -0.05) is 23.9 Å². The van der Waals surface area contributed by atoms with Crippen LogP contribution >= 0.6 is 11.8 Å². The summed E-state index contributed by atoms with van der Waals surface area (Å²) < 4.78 is 4.38. The van der Waals surface area contributed by atoms with Crippen molar-refractivity contribution in [3.8, 4) is 5.75 Å². The number of amidine groups is 1. The van der Waals surface area contributed by atoms with Crippen molar-refractivity contribution in [1.82, 2.24) is 0 Å². The van der Waals surface area contributed by atoms with Crippen molar-refractivity contribution in [3.63, 3.8) is 0 Å². The highest BCUT2D eigenvalue weighted by molar-refractivity contribution is 8.15. The second kappa shape index (κ2) is 5.13. The van der Waals surface area contributed by atoms with Gasteiger partial charge in [0.15, 0.2) is 11.2 Å². The molecule has 0 unspecified atom stereocenters. The topological polar surface area (TPSA) is 70.9 Å². The average Bonchev–Trinajstić information content (AvgIpc) is 2.66. The molecule has 0 aliphatic carbocycles. The summed E-state index contributed by atoms with van der Waals surface area (Å²) in [5.41, 5.74) is 0.565. The number of hydrogen-bond acceptors (Lipinski definition) is 6. The van der Waals surface area contributed by atoms with Crippen LogP contribution in [-0.2, 0) is 9.53 Å². The summed E-state index contributed by atoms with van der Waals surface area (Å²) in [6, 6.07) is 6.34. The highest BCUT2D eigenvalue weighted by Gasteiger charge is 2.43. The number of nitrogens with one attached hydrogen (secondary N) is 1. The molecule has 0 bridgehead atoms. The van der Waals surface area contributed by atoms with Gasteiger partial charge < -0.3 is 15.2 Å². The lowest BCUT2D eigenvalue weighted by Gasteiger charge is -2.21. The van der Waals surface area contributed by atoms with Crippen molar-refractivity contribution in [1.29, 1.82) is 0 Å². The Kier molecular flexibility index (Phi) is 3.71. The smallest absolute Gasteiger partial charge is 0.332 e. The predicted octanol–water partition coefficient (Wildman–Crippen LogP) is 2.23. The van der Waals surface area contributed by atoms with Gasteiger partial charge in [-0.2, -0.15) is 0 Å². The second-order valence-electron chi connectivity index (χ2n) is 4.71. The van der Waals surface area contributed by atoms with Crippen LogP contribution in [0.4, 0.5) is 5.69 Å². The summed E-state index contributed by atoms with van der Waals surface area (Å²) in [4.78, 5) is 16.0. The molecule has 1 aliphatic rings. The summed E-state index contributed by atoms with van der Waals surface area (Å²) in [5.74, 6) is -0.211. The number of carbonyl (C=O) groups excluding carboxylic acids is 1. The summed E-state index contributed by atoms with van der Waals surface area (Å²) in [6.45, 7) is 3.87. The van der Waals surface area contributed by atoms with Crippen molar-refractivity contribution in [2.45, 2.75) is 24.6 Å². The van der Waals surface area contributed by atoms with Crippen LogP contribution in [0.15, 0.2) is 29.3 Å². The Morgan fingerprint density at radius 2 is 2.16 bits per heavy atom. The number of carbonyl (C=O) groups is 1. The number of benzene rings is 1. The molecule has 0 radical (unpaired) electrons. The summed E-state index contributed by atoms with van der Waals surface area (Å²) in [5, 5.41) is 13.3. The minimum absolute atomic E-state index is 0.144. The van der Waals surface area contributed by atoms with E-state index in [0.29, 0.717) is 10.9 Å². The zero-order valence-electron chi connectivity index (χ0n) is 11.0. The van der Waals surface area contributed by atoms with Crippen LogP contribution < -0.4 is 5.32 Å². The first-order chi connectivity index (χ1) is 8.94. The molecule has 1 aromatic carbocycles. The number of aromatic hydroxyl groups is 1. The van der Waals surface area contributed by atoms with E-state index in [4.69, 9.17) is 4.74 Å². The number of esters is 1. The molecule has 1 heterocycles. The van der Waals surface area contributed by atoms with E-state index in [1.165, 1.54) is 18.9 Å². The summed E-state index contributed by atoms with van der Waals surface area (Å²) in [6.07, 6.45) is 0. The molecular formula is C13H16N2O3S. The molecule has 1 aromatic rings. The molecule has 0 fully saturated rings. The van der Waals surface area contributed by atoms with Gasteiger partial charge in [-0.15, -0.1) is 0 Å². The van der Waals surface area contributed by atoms with Gasteiger partial charge in [-0.3, -0.25) is 0 Å². The largest absolute Gasteiger partial charge is 0.506 e. The number of nitrogens with zero attached hydrogens (tertiary/aromatic N) is 1. The number of aliphatic imine (C=N–C) groups is 1. The first-order valence-corrected chi connectivity index (χ1v) is 6.65. The summed E-state index contributed by atoms with van der Waals surface area (Å²) in [7, 11) is 1.35. The van der Waals surface area contributed by atoms with Crippen LogP contribution in [0.1, 0.15) is 13.8 Å². The van der Waals surface area contributed by atoms with Gasteiger partial charge in [0.2, 0.25) is 0 Å². The highest BCUT2D eigenvalue weighted by Crippen LogP contribution is 2.39. The fourth-order valence-corrected chi connectivity index (χ4v) is 2.88. The Bertz CT molecular complexity index is 528. The number of rotatable bonds is 2. The molecule has 19 heavy (non-hydrogen) atoms. The van der Waals surface area contributed by atoms with E-state index >= 15 is 0 Å². The molecule has 2 rings (SSSR count). The maximum absolute atomic E-state index is 11.7. The van der Waals surface area contributed by atoms with Gasteiger partial charge in [0.1, 0.15) is 5.75 Å². The molecular weight excluding hydrogens is 264 g/mol. The van der Waals surface area contributed by atoms with E-state index in [0.717, 1.165) is 0 Å². The van der Waals surface area contributed by atoms with Crippen LogP contribution in [0.25, 0.3) is 0 Å². The molecule has 0 saturated carbocycles. The SMILES string of the molecule is COC(=O)[C@H]1N=C(Nc2ccccc2O)SC1(C)C. The lowest BCUT2D eigenvalue weighted by molar-refractivity contribution is -0.142. The Hall–Kier alpha value is -1.69. The molecule has 0 aromatic heterocycles. The quantitative estimate of drug-likeness (QED) is 0.642. The molecule has 2 N–H and O–H groups in total. The maximum Gasteiger partial charge on any atom is 0.332 e.